The molecule has 0 bridgehead atoms. The molecule has 0 unspecified atom stereocenters. The van der Waals surface area contributed by atoms with E-state index in [0.717, 1.165) is 63.5 Å². The predicted octanol–water partition coefficient (Wildman–Crippen LogP) is 4.32. The van der Waals surface area contributed by atoms with Gasteiger partial charge in [-0.15, -0.1) is 10.2 Å². The SMILES string of the molecule is CC(C)Cc1ccc(CN2CCc3nnc(CCc4ccccc4)n3CC2)cc1. The maximum absolute atomic E-state index is 4.50. The molecule has 0 spiro atoms. The summed E-state index contributed by atoms with van der Waals surface area (Å²) in [5.41, 5.74) is 4.20. The van der Waals surface area contributed by atoms with Crippen molar-refractivity contribution in [3.05, 3.63) is 82.9 Å². The van der Waals surface area contributed by atoms with Crippen molar-refractivity contribution < 1.29 is 0 Å². The normalized spacial score (nSPS) is 14.7. The average Bonchev–Trinajstić information content (AvgIpc) is 3.01. The molecule has 0 N–H and O–H groups in total. The smallest absolute Gasteiger partial charge is 0.134 e. The highest BCUT2D eigenvalue weighted by molar-refractivity contribution is 5.23. The van der Waals surface area contributed by atoms with E-state index in [9.17, 15) is 0 Å². The molecule has 3 aromatic rings. The first-order valence-corrected chi connectivity index (χ1v) is 10.9. The highest BCUT2D eigenvalue weighted by atomic mass is 15.3. The third-order valence-electron chi connectivity index (χ3n) is 5.75. The fourth-order valence-corrected chi connectivity index (χ4v) is 4.18. The summed E-state index contributed by atoms with van der Waals surface area (Å²) < 4.78 is 2.36. The van der Waals surface area contributed by atoms with Gasteiger partial charge < -0.3 is 4.57 Å². The first-order valence-electron chi connectivity index (χ1n) is 10.9. The number of benzene rings is 2. The van der Waals surface area contributed by atoms with Crippen molar-refractivity contribution in [2.24, 2.45) is 5.92 Å². The predicted molar refractivity (Wildman–Crippen MR) is 118 cm³/mol. The van der Waals surface area contributed by atoms with Crippen LogP contribution in [0, 0.1) is 5.92 Å². The third kappa shape index (κ3) is 5.33. The minimum absolute atomic E-state index is 0.707. The molecule has 152 valence electrons. The summed E-state index contributed by atoms with van der Waals surface area (Å²) >= 11 is 0. The summed E-state index contributed by atoms with van der Waals surface area (Å²) in [5.74, 6) is 2.98. The van der Waals surface area contributed by atoms with Gasteiger partial charge in [0.15, 0.2) is 0 Å². The van der Waals surface area contributed by atoms with E-state index >= 15 is 0 Å². The quantitative estimate of drug-likeness (QED) is 0.604. The molecule has 1 aliphatic rings. The fraction of sp³-hybridized carbons (Fsp3) is 0.440. The van der Waals surface area contributed by atoms with Crippen LogP contribution in [-0.4, -0.2) is 32.8 Å². The summed E-state index contributed by atoms with van der Waals surface area (Å²) in [6.07, 6.45) is 4.10. The lowest BCUT2D eigenvalue weighted by Gasteiger charge is -2.20. The zero-order valence-corrected chi connectivity index (χ0v) is 17.7. The molecule has 0 fully saturated rings. The van der Waals surface area contributed by atoms with E-state index in [1.807, 2.05) is 0 Å². The van der Waals surface area contributed by atoms with Crippen LogP contribution in [-0.2, 0) is 38.8 Å². The van der Waals surface area contributed by atoms with Crippen molar-refractivity contribution in [2.45, 2.75) is 52.6 Å². The number of nitrogens with zero attached hydrogens (tertiary/aromatic N) is 4. The molecule has 0 aliphatic carbocycles. The van der Waals surface area contributed by atoms with E-state index in [4.69, 9.17) is 0 Å². The lowest BCUT2D eigenvalue weighted by molar-refractivity contribution is 0.270. The van der Waals surface area contributed by atoms with Gasteiger partial charge in [0.05, 0.1) is 0 Å². The van der Waals surface area contributed by atoms with Crippen LogP contribution >= 0.6 is 0 Å². The van der Waals surface area contributed by atoms with E-state index in [1.165, 1.54) is 16.7 Å². The van der Waals surface area contributed by atoms with Gasteiger partial charge in [-0.05, 0) is 35.4 Å². The first kappa shape index (κ1) is 19.8. The second kappa shape index (κ2) is 9.36. The molecule has 0 saturated heterocycles. The maximum atomic E-state index is 4.50. The Morgan fingerprint density at radius 1 is 0.793 bits per heavy atom. The molecule has 4 rings (SSSR count). The summed E-state index contributed by atoms with van der Waals surface area (Å²) in [5, 5.41) is 8.99. The van der Waals surface area contributed by atoms with Crippen LogP contribution in [0.4, 0.5) is 0 Å². The van der Waals surface area contributed by atoms with Gasteiger partial charge in [0.2, 0.25) is 0 Å². The summed E-state index contributed by atoms with van der Waals surface area (Å²) in [6.45, 7) is 8.65. The van der Waals surface area contributed by atoms with E-state index in [1.54, 1.807) is 0 Å². The second-order valence-corrected chi connectivity index (χ2v) is 8.61. The Morgan fingerprint density at radius 2 is 1.55 bits per heavy atom. The second-order valence-electron chi connectivity index (χ2n) is 8.61. The average molecular weight is 389 g/mol. The topological polar surface area (TPSA) is 34.0 Å². The zero-order chi connectivity index (χ0) is 20.1. The van der Waals surface area contributed by atoms with Gasteiger partial charge in [-0.2, -0.15) is 0 Å². The highest BCUT2D eigenvalue weighted by Crippen LogP contribution is 2.15. The van der Waals surface area contributed by atoms with Crippen LogP contribution in [0.25, 0.3) is 0 Å². The van der Waals surface area contributed by atoms with Crippen LogP contribution in [0.15, 0.2) is 54.6 Å². The van der Waals surface area contributed by atoms with Crippen molar-refractivity contribution in [3.8, 4) is 0 Å². The Morgan fingerprint density at radius 3 is 2.31 bits per heavy atom. The van der Waals surface area contributed by atoms with Crippen molar-refractivity contribution in [1.29, 1.82) is 0 Å². The first-order chi connectivity index (χ1) is 14.2. The molecular weight excluding hydrogens is 356 g/mol. The van der Waals surface area contributed by atoms with E-state index < -0.39 is 0 Å². The number of aryl methyl sites for hydroxylation is 2. The number of aromatic nitrogens is 3. The maximum Gasteiger partial charge on any atom is 0.134 e. The monoisotopic (exact) mass is 388 g/mol. The molecule has 1 aromatic heterocycles. The van der Waals surface area contributed by atoms with E-state index in [-0.39, 0.29) is 0 Å². The van der Waals surface area contributed by atoms with Crippen LogP contribution in [0.3, 0.4) is 0 Å². The van der Waals surface area contributed by atoms with Gasteiger partial charge in [-0.1, -0.05) is 68.4 Å². The van der Waals surface area contributed by atoms with Gasteiger partial charge in [0.1, 0.15) is 11.6 Å². The minimum atomic E-state index is 0.707. The van der Waals surface area contributed by atoms with Crippen molar-refractivity contribution in [2.75, 3.05) is 13.1 Å². The van der Waals surface area contributed by atoms with Crippen LogP contribution < -0.4 is 0 Å². The van der Waals surface area contributed by atoms with Crippen molar-refractivity contribution in [3.63, 3.8) is 0 Å². The largest absolute Gasteiger partial charge is 0.314 e. The Bertz CT molecular complexity index is 896. The van der Waals surface area contributed by atoms with Gasteiger partial charge in [0, 0.05) is 39.0 Å². The zero-order valence-electron chi connectivity index (χ0n) is 17.7. The molecule has 29 heavy (non-hydrogen) atoms. The molecule has 1 aliphatic heterocycles. The van der Waals surface area contributed by atoms with Gasteiger partial charge in [-0.25, -0.2) is 0 Å². The molecule has 2 heterocycles. The number of hydrogen-bond donors (Lipinski definition) is 0. The summed E-state index contributed by atoms with van der Waals surface area (Å²) in [4.78, 5) is 2.55. The Balaban J connectivity index is 1.34. The van der Waals surface area contributed by atoms with Crippen molar-refractivity contribution in [1.82, 2.24) is 19.7 Å². The van der Waals surface area contributed by atoms with Crippen molar-refractivity contribution >= 4 is 0 Å². The molecule has 4 heteroatoms. The summed E-state index contributed by atoms with van der Waals surface area (Å²) in [7, 11) is 0. The Kier molecular flexibility index (Phi) is 6.40. The van der Waals surface area contributed by atoms with Gasteiger partial charge in [0.25, 0.3) is 0 Å². The highest BCUT2D eigenvalue weighted by Gasteiger charge is 2.18. The van der Waals surface area contributed by atoms with Gasteiger partial charge >= 0.3 is 0 Å². The summed E-state index contributed by atoms with van der Waals surface area (Å²) in [6, 6.07) is 19.8. The number of fused-ring (bicyclic) bond motifs is 1. The lowest BCUT2D eigenvalue weighted by Crippen LogP contribution is -2.26. The van der Waals surface area contributed by atoms with Crippen LogP contribution in [0.2, 0.25) is 0 Å². The van der Waals surface area contributed by atoms with Gasteiger partial charge in [-0.3, -0.25) is 4.90 Å². The molecule has 0 atom stereocenters. The lowest BCUT2D eigenvalue weighted by atomic mass is 10.0. The fourth-order valence-electron chi connectivity index (χ4n) is 4.18. The third-order valence-corrected chi connectivity index (χ3v) is 5.75. The Hall–Kier alpha value is -2.46. The number of hydrogen-bond acceptors (Lipinski definition) is 3. The molecule has 2 aromatic carbocycles. The molecule has 0 saturated carbocycles. The standard InChI is InChI=1S/C25H32N4/c1-20(2)18-22-8-10-23(11-9-22)19-28-15-14-25-27-26-24(29(25)17-16-28)13-12-21-6-4-3-5-7-21/h3-11,20H,12-19H2,1-2H3. The molecule has 0 amide bonds. The molecule has 4 nitrogen and oxygen atoms in total. The van der Waals surface area contributed by atoms with Crippen LogP contribution in [0.5, 0.6) is 0 Å². The van der Waals surface area contributed by atoms with Crippen LogP contribution in [0.1, 0.15) is 42.2 Å². The number of rotatable bonds is 7. The minimum Gasteiger partial charge on any atom is -0.314 e. The Labute approximate surface area is 174 Å². The van der Waals surface area contributed by atoms with E-state index in [2.05, 4.69) is 88.1 Å². The molecular formula is C25H32N4. The van der Waals surface area contributed by atoms with E-state index in [0.29, 0.717) is 5.92 Å². The molecule has 0 radical (unpaired) electrons.